The van der Waals surface area contributed by atoms with Gasteiger partial charge in [0.15, 0.2) is 0 Å². The number of rotatable bonds is 3. The maximum atomic E-state index is 11.7. The zero-order valence-corrected chi connectivity index (χ0v) is 10.1. The van der Waals surface area contributed by atoms with E-state index in [2.05, 4.69) is 15.2 Å². The summed E-state index contributed by atoms with van der Waals surface area (Å²) < 4.78 is 0. The Morgan fingerprint density at radius 2 is 1.94 bits per heavy atom. The quantitative estimate of drug-likeness (QED) is 0.796. The Hall–Kier alpha value is -1.62. The maximum Gasteiger partial charge on any atom is 0.236 e. The summed E-state index contributed by atoms with van der Waals surface area (Å²) in [6.07, 6.45) is 3.60. The zero-order valence-electron chi connectivity index (χ0n) is 10.1. The molecule has 0 unspecified atom stereocenters. The van der Waals surface area contributed by atoms with Gasteiger partial charge in [-0.1, -0.05) is 0 Å². The number of pyridine rings is 1. The topological polar surface area (TPSA) is 48.5 Å². The van der Waals surface area contributed by atoms with Crippen LogP contribution in [0, 0.1) is 0 Å². The first kappa shape index (κ1) is 11.9. The number of aromatic nitrogens is 1. The molecule has 1 aromatic rings. The van der Waals surface area contributed by atoms with Crippen LogP contribution in [0.5, 0.6) is 0 Å². The van der Waals surface area contributed by atoms with E-state index >= 15 is 0 Å². The van der Waals surface area contributed by atoms with E-state index in [4.69, 9.17) is 0 Å². The third-order valence-corrected chi connectivity index (χ3v) is 2.99. The van der Waals surface area contributed by atoms with Gasteiger partial charge in [-0.25, -0.2) is 0 Å². The molecular formula is C12H18N4O. The Morgan fingerprint density at radius 3 is 2.53 bits per heavy atom. The number of piperazine rings is 1. The lowest BCUT2D eigenvalue weighted by atomic mass is 10.2. The number of likely N-dealkylation sites (N-methyl/N-ethyl adjacent to an activating group) is 1. The second-order valence-electron chi connectivity index (χ2n) is 4.10. The molecule has 0 bridgehead atoms. The highest BCUT2D eigenvalue weighted by Crippen LogP contribution is 2.14. The van der Waals surface area contributed by atoms with Crippen molar-refractivity contribution in [1.29, 1.82) is 0 Å². The van der Waals surface area contributed by atoms with Crippen LogP contribution in [0.1, 0.15) is 0 Å². The lowest BCUT2D eigenvalue weighted by molar-refractivity contribution is -0.130. The molecule has 1 aromatic heterocycles. The highest BCUT2D eigenvalue weighted by atomic mass is 16.2. The standard InChI is InChI=1S/C12H18N4O/c1-13-10-12(17)16-8-6-15(7-9-16)11-2-4-14-5-3-11/h2-5,13H,6-10H2,1H3. The van der Waals surface area contributed by atoms with Gasteiger partial charge in [-0.2, -0.15) is 0 Å². The maximum absolute atomic E-state index is 11.7. The Kier molecular flexibility index (Phi) is 3.93. The largest absolute Gasteiger partial charge is 0.368 e. The molecule has 0 radical (unpaired) electrons. The van der Waals surface area contributed by atoms with E-state index in [0.717, 1.165) is 26.2 Å². The molecule has 1 aliphatic heterocycles. The fourth-order valence-electron chi connectivity index (χ4n) is 2.03. The van der Waals surface area contributed by atoms with Crippen LogP contribution in [0.3, 0.4) is 0 Å². The van der Waals surface area contributed by atoms with Gasteiger partial charge in [0.25, 0.3) is 0 Å². The number of anilines is 1. The van der Waals surface area contributed by atoms with Gasteiger partial charge in [0, 0.05) is 44.3 Å². The molecular weight excluding hydrogens is 216 g/mol. The van der Waals surface area contributed by atoms with Gasteiger partial charge < -0.3 is 15.1 Å². The average Bonchev–Trinajstić information content (AvgIpc) is 2.40. The van der Waals surface area contributed by atoms with Crippen LogP contribution < -0.4 is 10.2 Å². The van der Waals surface area contributed by atoms with Gasteiger partial charge >= 0.3 is 0 Å². The van der Waals surface area contributed by atoms with Crippen LogP contribution in [-0.2, 0) is 4.79 Å². The molecule has 2 rings (SSSR count). The minimum atomic E-state index is 0.182. The van der Waals surface area contributed by atoms with Crippen LogP contribution >= 0.6 is 0 Å². The molecule has 1 fully saturated rings. The van der Waals surface area contributed by atoms with Gasteiger partial charge in [-0.3, -0.25) is 9.78 Å². The van der Waals surface area contributed by atoms with Crippen molar-refractivity contribution in [2.45, 2.75) is 0 Å². The zero-order chi connectivity index (χ0) is 12.1. The summed E-state index contributed by atoms with van der Waals surface area (Å²) in [4.78, 5) is 19.9. The number of nitrogens with zero attached hydrogens (tertiary/aromatic N) is 3. The molecule has 0 spiro atoms. The van der Waals surface area contributed by atoms with Crippen molar-refractivity contribution in [2.24, 2.45) is 0 Å². The van der Waals surface area contributed by atoms with E-state index in [0.29, 0.717) is 6.54 Å². The summed E-state index contributed by atoms with van der Waals surface area (Å²) in [5.41, 5.74) is 1.18. The SMILES string of the molecule is CNCC(=O)N1CCN(c2ccncc2)CC1. The molecule has 0 aromatic carbocycles. The molecule has 1 amide bonds. The van der Waals surface area contributed by atoms with E-state index in [9.17, 15) is 4.79 Å². The fraction of sp³-hybridized carbons (Fsp3) is 0.500. The van der Waals surface area contributed by atoms with E-state index in [-0.39, 0.29) is 5.91 Å². The molecule has 1 N–H and O–H groups in total. The Balaban J connectivity index is 1.88. The molecule has 0 atom stereocenters. The fourth-order valence-corrected chi connectivity index (χ4v) is 2.03. The smallest absolute Gasteiger partial charge is 0.236 e. The first-order valence-electron chi connectivity index (χ1n) is 5.88. The summed E-state index contributed by atoms with van der Waals surface area (Å²) >= 11 is 0. The van der Waals surface area contributed by atoms with Crippen molar-refractivity contribution >= 4 is 11.6 Å². The lowest BCUT2D eigenvalue weighted by Crippen LogP contribution is -2.50. The number of carbonyl (C=O) groups is 1. The van der Waals surface area contributed by atoms with E-state index in [1.807, 2.05) is 17.0 Å². The van der Waals surface area contributed by atoms with E-state index in [1.165, 1.54) is 5.69 Å². The van der Waals surface area contributed by atoms with Gasteiger partial charge in [0.05, 0.1) is 6.54 Å². The molecule has 0 saturated carbocycles. The predicted octanol–water partition coefficient (Wildman–Crippen LogP) is -0.0504. The molecule has 0 aliphatic carbocycles. The Bertz CT molecular complexity index is 360. The Morgan fingerprint density at radius 1 is 1.29 bits per heavy atom. The number of carbonyl (C=O) groups excluding carboxylic acids is 1. The molecule has 5 heteroatoms. The highest BCUT2D eigenvalue weighted by Gasteiger charge is 2.20. The second kappa shape index (κ2) is 5.63. The minimum absolute atomic E-state index is 0.182. The predicted molar refractivity (Wildman–Crippen MR) is 67.0 cm³/mol. The van der Waals surface area contributed by atoms with Gasteiger partial charge in [-0.15, -0.1) is 0 Å². The van der Waals surface area contributed by atoms with Crippen molar-refractivity contribution in [3.05, 3.63) is 24.5 Å². The third kappa shape index (κ3) is 2.94. The van der Waals surface area contributed by atoms with Crippen molar-refractivity contribution in [1.82, 2.24) is 15.2 Å². The summed E-state index contributed by atoms with van der Waals surface area (Å²) in [6, 6.07) is 4.01. The van der Waals surface area contributed by atoms with Crippen LogP contribution in [0.15, 0.2) is 24.5 Å². The molecule has 1 saturated heterocycles. The normalized spacial score (nSPS) is 16.1. The lowest BCUT2D eigenvalue weighted by Gasteiger charge is -2.36. The average molecular weight is 234 g/mol. The van der Waals surface area contributed by atoms with Crippen LogP contribution in [0.2, 0.25) is 0 Å². The number of hydrogen-bond donors (Lipinski definition) is 1. The number of nitrogens with one attached hydrogen (secondary N) is 1. The third-order valence-electron chi connectivity index (χ3n) is 2.99. The Labute approximate surface area is 101 Å². The van der Waals surface area contributed by atoms with Gasteiger partial charge in [0.2, 0.25) is 5.91 Å². The molecule has 92 valence electrons. The van der Waals surface area contributed by atoms with Crippen LogP contribution in [0.4, 0.5) is 5.69 Å². The van der Waals surface area contributed by atoms with Crippen molar-refractivity contribution in [3.8, 4) is 0 Å². The monoisotopic (exact) mass is 234 g/mol. The summed E-state index contributed by atoms with van der Waals surface area (Å²) in [6.45, 7) is 3.79. The van der Waals surface area contributed by atoms with Gasteiger partial charge in [-0.05, 0) is 19.2 Å². The van der Waals surface area contributed by atoms with E-state index < -0.39 is 0 Å². The van der Waals surface area contributed by atoms with Crippen molar-refractivity contribution < 1.29 is 4.79 Å². The van der Waals surface area contributed by atoms with Crippen LogP contribution in [-0.4, -0.2) is 55.6 Å². The van der Waals surface area contributed by atoms with E-state index in [1.54, 1.807) is 19.4 Å². The summed E-state index contributed by atoms with van der Waals surface area (Å²) in [7, 11) is 1.80. The van der Waals surface area contributed by atoms with Crippen molar-refractivity contribution in [3.63, 3.8) is 0 Å². The number of amides is 1. The summed E-state index contributed by atoms with van der Waals surface area (Å²) in [5, 5.41) is 2.89. The van der Waals surface area contributed by atoms with Crippen LogP contribution in [0.25, 0.3) is 0 Å². The van der Waals surface area contributed by atoms with Gasteiger partial charge in [0.1, 0.15) is 0 Å². The minimum Gasteiger partial charge on any atom is -0.368 e. The number of hydrogen-bond acceptors (Lipinski definition) is 4. The summed E-state index contributed by atoms with van der Waals surface area (Å²) in [5.74, 6) is 0.182. The highest BCUT2D eigenvalue weighted by molar-refractivity contribution is 5.78. The molecule has 5 nitrogen and oxygen atoms in total. The molecule has 2 heterocycles. The molecule has 1 aliphatic rings. The first-order chi connectivity index (χ1) is 8.31. The second-order valence-corrected chi connectivity index (χ2v) is 4.10. The molecule has 17 heavy (non-hydrogen) atoms. The van der Waals surface area contributed by atoms with Crippen molar-refractivity contribution in [2.75, 3.05) is 44.7 Å². The first-order valence-corrected chi connectivity index (χ1v) is 5.88.